The SMILES string of the molecule is FC(F)(F)c1ccccc1C[NH+]1CC[NH+](Cc2ccccc2)CC1. The number of hydrogen-bond acceptors (Lipinski definition) is 0. The van der Waals surface area contributed by atoms with Crippen LogP contribution in [0.2, 0.25) is 0 Å². The van der Waals surface area contributed by atoms with E-state index in [-0.39, 0.29) is 0 Å². The second kappa shape index (κ2) is 7.36. The number of hydrogen-bond donors (Lipinski definition) is 2. The molecular weight excluding hydrogens is 313 g/mol. The van der Waals surface area contributed by atoms with Crippen molar-refractivity contribution < 1.29 is 23.0 Å². The molecule has 2 aromatic carbocycles. The standard InChI is InChI=1S/C19H21F3N2/c20-19(21,22)18-9-5-4-8-17(18)15-24-12-10-23(11-13-24)14-16-6-2-1-3-7-16/h1-9H,10-15H2/p+2. The fourth-order valence-corrected chi connectivity index (χ4v) is 3.42. The Morgan fingerprint density at radius 2 is 1.25 bits per heavy atom. The van der Waals surface area contributed by atoms with E-state index in [9.17, 15) is 13.2 Å². The fourth-order valence-electron chi connectivity index (χ4n) is 3.42. The summed E-state index contributed by atoms with van der Waals surface area (Å²) in [6.45, 7) is 5.26. The molecule has 24 heavy (non-hydrogen) atoms. The van der Waals surface area contributed by atoms with Gasteiger partial charge in [-0.1, -0.05) is 48.5 Å². The van der Waals surface area contributed by atoms with Crippen LogP contribution in [0.4, 0.5) is 13.2 Å². The summed E-state index contributed by atoms with van der Waals surface area (Å²) in [7, 11) is 0. The van der Waals surface area contributed by atoms with Gasteiger partial charge in [0.2, 0.25) is 0 Å². The second-order valence-electron chi connectivity index (χ2n) is 6.49. The first kappa shape index (κ1) is 17.0. The summed E-state index contributed by atoms with van der Waals surface area (Å²) in [5.74, 6) is 0. The highest BCUT2D eigenvalue weighted by Gasteiger charge is 2.34. The Balaban J connectivity index is 1.56. The molecule has 128 valence electrons. The number of halogens is 3. The van der Waals surface area contributed by atoms with Gasteiger partial charge in [0, 0.05) is 11.1 Å². The molecule has 1 heterocycles. The zero-order valence-electron chi connectivity index (χ0n) is 13.6. The van der Waals surface area contributed by atoms with Crippen molar-refractivity contribution in [1.82, 2.24) is 0 Å². The normalized spacial score (nSPS) is 21.6. The van der Waals surface area contributed by atoms with E-state index in [0.29, 0.717) is 12.1 Å². The maximum Gasteiger partial charge on any atom is 0.416 e. The molecule has 0 bridgehead atoms. The molecule has 2 nitrogen and oxygen atoms in total. The van der Waals surface area contributed by atoms with Gasteiger partial charge in [-0.25, -0.2) is 0 Å². The van der Waals surface area contributed by atoms with Gasteiger partial charge in [-0.05, 0) is 6.07 Å². The molecule has 1 saturated heterocycles. The minimum atomic E-state index is -4.27. The van der Waals surface area contributed by atoms with Gasteiger partial charge in [0.25, 0.3) is 0 Å². The van der Waals surface area contributed by atoms with Crippen molar-refractivity contribution in [3.63, 3.8) is 0 Å². The van der Waals surface area contributed by atoms with Crippen LogP contribution in [0.5, 0.6) is 0 Å². The Morgan fingerprint density at radius 1 is 0.708 bits per heavy atom. The van der Waals surface area contributed by atoms with Crippen molar-refractivity contribution in [1.29, 1.82) is 0 Å². The third kappa shape index (κ3) is 4.36. The monoisotopic (exact) mass is 336 g/mol. The first-order valence-electron chi connectivity index (χ1n) is 8.38. The van der Waals surface area contributed by atoms with Crippen LogP contribution in [0.1, 0.15) is 16.7 Å². The highest BCUT2D eigenvalue weighted by atomic mass is 19.4. The third-order valence-corrected chi connectivity index (χ3v) is 4.72. The van der Waals surface area contributed by atoms with Gasteiger partial charge >= 0.3 is 6.18 Å². The molecule has 1 aliphatic heterocycles. The van der Waals surface area contributed by atoms with Gasteiger partial charge in [0.15, 0.2) is 0 Å². The summed E-state index contributed by atoms with van der Waals surface area (Å²) in [6.07, 6.45) is -4.27. The summed E-state index contributed by atoms with van der Waals surface area (Å²) in [5.41, 5.74) is 1.24. The van der Waals surface area contributed by atoms with Gasteiger partial charge in [-0.3, -0.25) is 0 Å². The van der Waals surface area contributed by atoms with E-state index in [2.05, 4.69) is 12.1 Å². The molecule has 0 unspecified atom stereocenters. The average Bonchev–Trinajstić information content (AvgIpc) is 2.57. The van der Waals surface area contributed by atoms with Crippen molar-refractivity contribution in [3.05, 3.63) is 71.3 Å². The van der Waals surface area contributed by atoms with Gasteiger partial charge in [-0.15, -0.1) is 0 Å². The molecule has 0 radical (unpaired) electrons. The highest BCUT2D eigenvalue weighted by molar-refractivity contribution is 5.28. The van der Waals surface area contributed by atoms with Crippen molar-refractivity contribution in [2.24, 2.45) is 0 Å². The molecule has 0 saturated carbocycles. The van der Waals surface area contributed by atoms with E-state index < -0.39 is 11.7 Å². The first-order chi connectivity index (χ1) is 11.5. The zero-order chi connectivity index (χ0) is 17.0. The lowest BCUT2D eigenvalue weighted by Gasteiger charge is -2.30. The largest absolute Gasteiger partial charge is 0.416 e. The Bertz CT molecular complexity index is 647. The van der Waals surface area contributed by atoms with Gasteiger partial charge < -0.3 is 9.80 Å². The highest BCUT2D eigenvalue weighted by Crippen LogP contribution is 2.31. The predicted octanol–water partition coefficient (Wildman–Crippen LogP) is 1.19. The van der Waals surface area contributed by atoms with Crippen LogP contribution in [-0.4, -0.2) is 26.2 Å². The third-order valence-electron chi connectivity index (χ3n) is 4.72. The predicted molar refractivity (Wildman–Crippen MR) is 86.7 cm³/mol. The maximum absolute atomic E-state index is 13.1. The molecule has 1 fully saturated rings. The minimum absolute atomic E-state index is 0.409. The minimum Gasteiger partial charge on any atom is -0.322 e. The number of nitrogens with one attached hydrogen (secondary N) is 2. The van der Waals surface area contributed by atoms with Crippen LogP contribution in [-0.2, 0) is 19.3 Å². The number of benzene rings is 2. The summed E-state index contributed by atoms with van der Waals surface area (Å²) < 4.78 is 39.3. The molecule has 0 amide bonds. The van der Waals surface area contributed by atoms with Gasteiger partial charge in [0.05, 0.1) is 5.56 Å². The molecule has 0 spiro atoms. The summed E-state index contributed by atoms with van der Waals surface area (Å²) in [6, 6.07) is 16.3. The molecule has 1 aliphatic rings. The van der Waals surface area contributed by atoms with Gasteiger partial charge in [-0.2, -0.15) is 13.2 Å². The Hall–Kier alpha value is -1.85. The number of rotatable bonds is 4. The molecule has 0 aromatic heterocycles. The maximum atomic E-state index is 13.1. The van der Waals surface area contributed by atoms with Crippen LogP contribution in [0.25, 0.3) is 0 Å². The topological polar surface area (TPSA) is 8.88 Å². The van der Waals surface area contributed by atoms with Crippen LogP contribution in [0.3, 0.4) is 0 Å². The summed E-state index contributed by atoms with van der Waals surface area (Å²) in [5, 5.41) is 0. The Kier molecular flexibility index (Phi) is 5.21. The van der Waals surface area contributed by atoms with Crippen LogP contribution in [0.15, 0.2) is 54.6 Å². The average molecular weight is 336 g/mol. The molecule has 0 aliphatic carbocycles. The van der Waals surface area contributed by atoms with E-state index >= 15 is 0 Å². The molecule has 2 aromatic rings. The lowest BCUT2D eigenvalue weighted by Crippen LogP contribution is -3.27. The van der Waals surface area contributed by atoms with Crippen molar-refractivity contribution in [2.75, 3.05) is 26.2 Å². The summed E-state index contributed by atoms with van der Waals surface area (Å²) >= 11 is 0. The number of quaternary nitrogens is 2. The van der Waals surface area contributed by atoms with E-state index in [1.807, 2.05) is 18.2 Å². The Labute approximate surface area is 140 Å². The zero-order valence-corrected chi connectivity index (χ0v) is 13.6. The molecule has 0 atom stereocenters. The van der Waals surface area contributed by atoms with E-state index in [0.717, 1.165) is 32.7 Å². The quantitative estimate of drug-likeness (QED) is 0.830. The van der Waals surface area contributed by atoms with Crippen molar-refractivity contribution >= 4 is 0 Å². The molecular formula is C19H23F3N2+2. The Morgan fingerprint density at radius 3 is 1.88 bits per heavy atom. The van der Waals surface area contributed by atoms with E-state index in [4.69, 9.17) is 0 Å². The molecule has 2 N–H and O–H groups in total. The summed E-state index contributed by atoms with van der Waals surface area (Å²) in [4.78, 5) is 2.75. The van der Waals surface area contributed by atoms with Crippen molar-refractivity contribution in [2.45, 2.75) is 19.3 Å². The molecule has 3 rings (SSSR count). The lowest BCUT2D eigenvalue weighted by molar-refractivity contribution is -1.02. The van der Waals surface area contributed by atoms with Gasteiger partial charge in [0.1, 0.15) is 39.3 Å². The van der Waals surface area contributed by atoms with E-state index in [1.165, 1.54) is 27.5 Å². The van der Waals surface area contributed by atoms with Crippen LogP contribution in [0, 0.1) is 0 Å². The first-order valence-corrected chi connectivity index (χ1v) is 8.38. The molecule has 5 heteroatoms. The lowest BCUT2D eigenvalue weighted by atomic mass is 10.1. The second-order valence-corrected chi connectivity index (χ2v) is 6.49. The van der Waals surface area contributed by atoms with Crippen molar-refractivity contribution in [3.8, 4) is 0 Å². The fraction of sp³-hybridized carbons (Fsp3) is 0.368. The number of piperazine rings is 1. The van der Waals surface area contributed by atoms with E-state index in [1.54, 1.807) is 12.1 Å². The smallest absolute Gasteiger partial charge is 0.322 e. The van der Waals surface area contributed by atoms with Crippen LogP contribution < -0.4 is 9.80 Å². The number of alkyl halides is 3. The van der Waals surface area contributed by atoms with Crippen LogP contribution >= 0.6 is 0 Å².